The quantitative estimate of drug-likeness (QED) is 0.611. The molecular weight excluding hydrogens is 488 g/mol. The summed E-state index contributed by atoms with van der Waals surface area (Å²) in [4.78, 5) is 29.9. The molecule has 4 rings (SSSR count). The molecule has 2 aromatic carbocycles. The van der Waals surface area contributed by atoms with Crippen molar-refractivity contribution in [2.75, 3.05) is 38.3 Å². The van der Waals surface area contributed by atoms with Crippen molar-refractivity contribution in [1.82, 2.24) is 15.1 Å². The van der Waals surface area contributed by atoms with Crippen LogP contribution in [0.2, 0.25) is 0 Å². The molecular formula is C24H29BrN4O4. The van der Waals surface area contributed by atoms with Gasteiger partial charge in [-0.2, -0.15) is 0 Å². The molecule has 2 heterocycles. The number of urea groups is 1. The normalized spacial score (nSPS) is 16.5. The zero-order valence-electron chi connectivity index (χ0n) is 18.8. The molecule has 33 heavy (non-hydrogen) atoms. The minimum atomic E-state index is -0.586. The SMILES string of the molecule is CC(C)C(NC(=O)Nc1cccc(Br)c1)C(=O)N1CCN(Cc2ccc3c(c2)OCO3)CC1. The van der Waals surface area contributed by atoms with Gasteiger partial charge in [-0.05, 0) is 41.8 Å². The maximum Gasteiger partial charge on any atom is 0.319 e. The number of rotatable bonds is 6. The van der Waals surface area contributed by atoms with Crippen LogP contribution in [0.15, 0.2) is 46.9 Å². The highest BCUT2D eigenvalue weighted by molar-refractivity contribution is 9.10. The minimum Gasteiger partial charge on any atom is -0.454 e. The van der Waals surface area contributed by atoms with Crippen molar-refractivity contribution in [3.05, 3.63) is 52.5 Å². The summed E-state index contributed by atoms with van der Waals surface area (Å²) in [5.41, 5.74) is 1.82. The smallest absolute Gasteiger partial charge is 0.319 e. The second-order valence-electron chi connectivity index (χ2n) is 8.62. The Morgan fingerprint density at radius 1 is 1.03 bits per heavy atom. The van der Waals surface area contributed by atoms with E-state index in [2.05, 4.69) is 31.5 Å². The first-order chi connectivity index (χ1) is 15.9. The number of amides is 3. The number of benzene rings is 2. The Morgan fingerprint density at radius 3 is 2.52 bits per heavy atom. The van der Waals surface area contributed by atoms with Crippen LogP contribution in [0.25, 0.3) is 0 Å². The topological polar surface area (TPSA) is 83.1 Å². The highest BCUT2D eigenvalue weighted by Crippen LogP contribution is 2.32. The summed E-state index contributed by atoms with van der Waals surface area (Å²) >= 11 is 3.39. The molecule has 0 spiro atoms. The number of nitrogens with zero attached hydrogens (tertiary/aromatic N) is 2. The van der Waals surface area contributed by atoms with Crippen LogP contribution in [0.5, 0.6) is 11.5 Å². The molecule has 1 atom stereocenters. The van der Waals surface area contributed by atoms with E-state index < -0.39 is 6.04 Å². The van der Waals surface area contributed by atoms with Crippen molar-refractivity contribution in [3.63, 3.8) is 0 Å². The number of piperazine rings is 1. The first-order valence-corrected chi connectivity index (χ1v) is 11.9. The lowest BCUT2D eigenvalue weighted by Gasteiger charge is -2.37. The molecule has 0 aliphatic carbocycles. The van der Waals surface area contributed by atoms with E-state index in [1.165, 1.54) is 0 Å². The van der Waals surface area contributed by atoms with E-state index in [0.29, 0.717) is 18.8 Å². The van der Waals surface area contributed by atoms with Crippen LogP contribution in [-0.2, 0) is 11.3 Å². The second kappa shape index (κ2) is 10.4. The van der Waals surface area contributed by atoms with Crippen molar-refractivity contribution < 1.29 is 19.1 Å². The van der Waals surface area contributed by atoms with Crippen molar-refractivity contribution in [3.8, 4) is 11.5 Å². The van der Waals surface area contributed by atoms with Gasteiger partial charge in [0.05, 0.1) is 0 Å². The van der Waals surface area contributed by atoms with E-state index in [0.717, 1.165) is 41.2 Å². The zero-order chi connectivity index (χ0) is 23.4. The molecule has 0 radical (unpaired) electrons. The fourth-order valence-corrected chi connectivity index (χ4v) is 4.41. The first-order valence-electron chi connectivity index (χ1n) is 11.1. The second-order valence-corrected chi connectivity index (χ2v) is 9.54. The van der Waals surface area contributed by atoms with Crippen LogP contribution in [0.3, 0.4) is 0 Å². The van der Waals surface area contributed by atoms with Gasteiger partial charge < -0.3 is 25.0 Å². The summed E-state index contributed by atoms with van der Waals surface area (Å²) in [5.74, 6) is 1.49. The number of fused-ring (bicyclic) bond motifs is 1. The Bertz CT molecular complexity index is 1010. The van der Waals surface area contributed by atoms with Crippen LogP contribution < -0.4 is 20.1 Å². The average molecular weight is 517 g/mol. The third kappa shape index (κ3) is 5.97. The molecule has 0 saturated carbocycles. The van der Waals surface area contributed by atoms with Crippen LogP contribution in [0, 0.1) is 5.92 Å². The van der Waals surface area contributed by atoms with Gasteiger partial charge in [0, 0.05) is 42.9 Å². The number of hydrogen-bond donors (Lipinski definition) is 2. The molecule has 2 aromatic rings. The highest BCUT2D eigenvalue weighted by atomic mass is 79.9. The van der Waals surface area contributed by atoms with Crippen molar-refractivity contribution in [2.24, 2.45) is 5.92 Å². The maximum absolute atomic E-state index is 13.2. The van der Waals surface area contributed by atoms with Gasteiger partial charge in [-0.1, -0.05) is 41.9 Å². The lowest BCUT2D eigenvalue weighted by Crippen LogP contribution is -2.56. The fourth-order valence-electron chi connectivity index (χ4n) is 4.01. The Hall–Kier alpha value is -2.78. The van der Waals surface area contributed by atoms with E-state index in [9.17, 15) is 9.59 Å². The minimum absolute atomic E-state index is 0.0302. The molecule has 1 fully saturated rings. The van der Waals surface area contributed by atoms with E-state index >= 15 is 0 Å². The van der Waals surface area contributed by atoms with Crippen molar-refractivity contribution in [2.45, 2.75) is 26.4 Å². The Labute approximate surface area is 202 Å². The summed E-state index contributed by atoms with van der Waals surface area (Å²) < 4.78 is 11.7. The van der Waals surface area contributed by atoms with Crippen molar-refractivity contribution in [1.29, 1.82) is 0 Å². The van der Waals surface area contributed by atoms with E-state index in [-0.39, 0.29) is 24.6 Å². The molecule has 9 heteroatoms. The summed E-state index contributed by atoms with van der Waals surface area (Å²) in [5, 5.41) is 5.66. The van der Waals surface area contributed by atoms with Gasteiger partial charge in [-0.3, -0.25) is 9.69 Å². The Morgan fingerprint density at radius 2 is 1.79 bits per heavy atom. The molecule has 3 amide bonds. The fraction of sp³-hybridized carbons (Fsp3) is 0.417. The number of carbonyl (C=O) groups excluding carboxylic acids is 2. The van der Waals surface area contributed by atoms with Crippen molar-refractivity contribution >= 4 is 33.6 Å². The van der Waals surface area contributed by atoms with Gasteiger partial charge in [0.1, 0.15) is 6.04 Å². The molecule has 2 aliphatic rings. The van der Waals surface area contributed by atoms with Crippen LogP contribution in [0.1, 0.15) is 19.4 Å². The summed E-state index contributed by atoms with van der Waals surface area (Å²) in [6.45, 7) is 7.74. The molecule has 1 saturated heterocycles. The lowest BCUT2D eigenvalue weighted by molar-refractivity contribution is -0.136. The van der Waals surface area contributed by atoms with Gasteiger partial charge in [-0.15, -0.1) is 0 Å². The summed E-state index contributed by atoms with van der Waals surface area (Å²) in [6, 6.07) is 12.4. The third-order valence-electron chi connectivity index (χ3n) is 5.83. The molecule has 0 aromatic heterocycles. The number of hydrogen-bond acceptors (Lipinski definition) is 5. The number of carbonyl (C=O) groups is 2. The average Bonchev–Trinajstić information content (AvgIpc) is 3.25. The molecule has 2 aliphatic heterocycles. The van der Waals surface area contributed by atoms with Crippen LogP contribution in [0.4, 0.5) is 10.5 Å². The summed E-state index contributed by atoms with van der Waals surface area (Å²) in [7, 11) is 0. The van der Waals surface area contributed by atoms with E-state index in [1.807, 2.05) is 55.1 Å². The molecule has 2 N–H and O–H groups in total. The van der Waals surface area contributed by atoms with Gasteiger partial charge in [-0.25, -0.2) is 4.79 Å². The largest absolute Gasteiger partial charge is 0.454 e. The standard InChI is InChI=1S/C24H29BrN4O4/c1-16(2)22(27-24(31)26-19-5-3-4-18(25)13-19)23(30)29-10-8-28(9-11-29)14-17-6-7-20-21(12-17)33-15-32-20/h3-7,12-13,16,22H,8-11,14-15H2,1-2H3,(H2,26,27,31). The summed E-state index contributed by atoms with van der Waals surface area (Å²) in [6.07, 6.45) is 0. The zero-order valence-corrected chi connectivity index (χ0v) is 20.4. The number of halogens is 1. The molecule has 1 unspecified atom stereocenters. The van der Waals surface area contributed by atoms with Crippen LogP contribution in [-0.4, -0.2) is 60.8 Å². The van der Waals surface area contributed by atoms with Gasteiger partial charge in [0.25, 0.3) is 0 Å². The number of anilines is 1. The predicted molar refractivity (Wildman–Crippen MR) is 129 cm³/mol. The Balaban J connectivity index is 1.29. The van der Waals surface area contributed by atoms with E-state index in [1.54, 1.807) is 6.07 Å². The molecule has 176 valence electrons. The van der Waals surface area contributed by atoms with Gasteiger partial charge >= 0.3 is 6.03 Å². The maximum atomic E-state index is 13.2. The van der Waals surface area contributed by atoms with Crippen LogP contribution >= 0.6 is 15.9 Å². The van der Waals surface area contributed by atoms with Gasteiger partial charge in [0.2, 0.25) is 12.7 Å². The van der Waals surface area contributed by atoms with E-state index in [4.69, 9.17) is 9.47 Å². The highest BCUT2D eigenvalue weighted by Gasteiger charge is 2.31. The van der Waals surface area contributed by atoms with Gasteiger partial charge in [0.15, 0.2) is 11.5 Å². The third-order valence-corrected chi connectivity index (χ3v) is 6.32. The Kier molecular flexibility index (Phi) is 7.39. The number of ether oxygens (including phenoxy) is 2. The molecule has 0 bridgehead atoms. The predicted octanol–water partition coefficient (Wildman–Crippen LogP) is 3.67. The first kappa shape index (κ1) is 23.4. The monoisotopic (exact) mass is 516 g/mol. The number of nitrogens with one attached hydrogen (secondary N) is 2. The molecule has 8 nitrogen and oxygen atoms in total. The lowest BCUT2D eigenvalue weighted by atomic mass is 10.0.